The molecule has 2 aliphatic rings. The van der Waals surface area contributed by atoms with Gasteiger partial charge < -0.3 is 14.8 Å². The van der Waals surface area contributed by atoms with Crippen LogP contribution in [0.15, 0.2) is 47.4 Å². The number of nitrogens with one attached hydrogen (secondary N) is 1. The second kappa shape index (κ2) is 7.40. The van der Waals surface area contributed by atoms with Gasteiger partial charge in [-0.1, -0.05) is 12.1 Å². The molecule has 0 spiro atoms. The maximum Gasteiger partial charge on any atom is 0.243 e. The first-order chi connectivity index (χ1) is 13.4. The lowest BCUT2D eigenvalue weighted by Gasteiger charge is -2.38. The minimum absolute atomic E-state index is 0.0628. The number of halogens is 1. The van der Waals surface area contributed by atoms with E-state index in [4.69, 9.17) is 9.47 Å². The summed E-state index contributed by atoms with van der Waals surface area (Å²) in [6.07, 6.45) is 0.443. The van der Waals surface area contributed by atoms with Gasteiger partial charge in [0.05, 0.1) is 4.90 Å². The molecule has 1 N–H and O–H groups in total. The highest BCUT2D eigenvalue weighted by Crippen LogP contribution is 2.35. The van der Waals surface area contributed by atoms with Crippen molar-refractivity contribution in [1.82, 2.24) is 9.62 Å². The summed E-state index contributed by atoms with van der Waals surface area (Å²) in [6.45, 7) is 1.25. The first-order valence-electron chi connectivity index (χ1n) is 8.89. The van der Waals surface area contributed by atoms with E-state index in [-0.39, 0.29) is 29.7 Å². The Hall–Kier alpha value is -2.65. The third-order valence-corrected chi connectivity index (χ3v) is 6.68. The molecule has 4 rings (SSSR count). The van der Waals surface area contributed by atoms with E-state index in [0.29, 0.717) is 31.1 Å². The summed E-state index contributed by atoms with van der Waals surface area (Å²) >= 11 is 0. The smallest absolute Gasteiger partial charge is 0.243 e. The van der Waals surface area contributed by atoms with Gasteiger partial charge in [-0.3, -0.25) is 4.79 Å². The van der Waals surface area contributed by atoms with E-state index in [0.717, 1.165) is 5.56 Å². The van der Waals surface area contributed by atoms with Crippen LogP contribution in [0, 0.1) is 5.82 Å². The molecule has 1 saturated heterocycles. The normalized spacial score (nSPS) is 19.0. The van der Waals surface area contributed by atoms with Gasteiger partial charge in [0.25, 0.3) is 0 Å². The number of benzene rings is 2. The molecule has 0 aliphatic carbocycles. The topological polar surface area (TPSA) is 84.9 Å². The summed E-state index contributed by atoms with van der Waals surface area (Å²) in [7, 11) is -3.83. The highest BCUT2D eigenvalue weighted by Gasteiger charge is 2.43. The van der Waals surface area contributed by atoms with E-state index >= 15 is 0 Å². The zero-order chi connectivity index (χ0) is 19.7. The minimum atomic E-state index is -3.83. The maximum absolute atomic E-state index is 12.9. The summed E-state index contributed by atoms with van der Waals surface area (Å²) in [4.78, 5) is 12.5. The van der Waals surface area contributed by atoms with E-state index in [1.165, 1.54) is 28.6 Å². The third-order valence-electron chi connectivity index (χ3n) is 4.77. The standard InChI is InChI=1S/C19H19FN2O5S/c20-14-3-1-13(2-4-14)12-21-19(23)16-7-8-22(16)28(24,25)15-5-6-17-18(11-15)27-10-9-26-17/h1-6,11,16H,7-10,12H2,(H,21,23)/t16-/m1/s1. The summed E-state index contributed by atoms with van der Waals surface area (Å²) in [5, 5.41) is 2.71. The van der Waals surface area contributed by atoms with Crippen LogP contribution in [-0.2, 0) is 21.4 Å². The number of nitrogens with zero attached hydrogens (tertiary/aromatic N) is 1. The molecular formula is C19H19FN2O5S. The van der Waals surface area contributed by atoms with Gasteiger partial charge in [0, 0.05) is 19.2 Å². The van der Waals surface area contributed by atoms with Gasteiger partial charge in [0.2, 0.25) is 15.9 Å². The van der Waals surface area contributed by atoms with Crippen molar-refractivity contribution < 1.29 is 27.1 Å². The number of hydrogen-bond acceptors (Lipinski definition) is 5. The van der Waals surface area contributed by atoms with Crippen molar-refractivity contribution in [2.45, 2.75) is 23.9 Å². The van der Waals surface area contributed by atoms with Gasteiger partial charge in [0.1, 0.15) is 25.1 Å². The molecule has 9 heteroatoms. The average molecular weight is 406 g/mol. The van der Waals surface area contributed by atoms with Gasteiger partial charge in [-0.15, -0.1) is 0 Å². The molecule has 1 atom stereocenters. The van der Waals surface area contributed by atoms with E-state index in [2.05, 4.69) is 5.32 Å². The van der Waals surface area contributed by atoms with Crippen LogP contribution in [0.5, 0.6) is 11.5 Å². The summed E-state index contributed by atoms with van der Waals surface area (Å²) in [6, 6.07) is 9.43. The van der Waals surface area contributed by atoms with Crippen molar-refractivity contribution in [3.63, 3.8) is 0 Å². The number of carbonyl (C=O) groups is 1. The molecule has 2 aliphatic heterocycles. The van der Waals surface area contributed by atoms with E-state index in [1.807, 2.05) is 0 Å². The molecule has 0 saturated carbocycles. The van der Waals surface area contributed by atoms with Crippen molar-refractivity contribution >= 4 is 15.9 Å². The second-order valence-corrected chi connectivity index (χ2v) is 8.46. The monoisotopic (exact) mass is 406 g/mol. The Morgan fingerprint density at radius 1 is 1.11 bits per heavy atom. The largest absolute Gasteiger partial charge is 0.486 e. The number of fused-ring (bicyclic) bond motifs is 1. The molecule has 2 heterocycles. The van der Waals surface area contributed by atoms with Crippen LogP contribution in [-0.4, -0.2) is 44.4 Å². The van der Waals surface area contributed by atoms with Crippen LogP contribution in [0.25, 0.3) is 0 Å². The molecule has 1 fully saturated rings. The number of ether oxygens (including phenoxy) is 2. The minimum Gasteiger partial charge on any atom is -0.486 e. The Bertz CT molecular complexity index is 994. The zero-order valence-electron chi connectivity index (χ0n) is 14.9. The molecule has 7 nitrogen and oxygen atoms in total. The van der Waals surface area contributed by atoms with Gasteiger partial charge in [-0.2, -0.15) is 4.31 Å². The fourth-order valence-electron chi connectivity index (χ4n) is 3.14. The highest BCUT2D eigenvalue weighted by molar-refractivity contribution is 7.89. The van der Waals surface area contributed by atoms with Crippen LogP contribution in [0.1, 0.15) is 12.0 Å². The van der Waals surface area contributed by atoms with Crippen molar-refractivity contribution in [1.29, 1.82) is 0 Å². The lowest BCUT2D eigenvalue weighted by atomic mass is 10.1. The lowest BCUT2D eigenvalue weighted by Crippen LogP contribution is -2.57. The van der Waals surface area contributed by atoms with Gasteiger partial charge in [0.15, 0.2) is 11.5 Å². The van der Waals surface area contributed by atoms with Gasteiger partial charge in [-0.05, 0) is 36.2 Å². The number of sulfonamides is 1. The molecule has 0 unspecified atom stereocenters. The van der Waals surface area contributed by atoms with Crippen molar-refractivity contribution in [2.75, 3.05) is 19.8 Å². The van der Waals surface area contributed by atoms with Crippen molar-refractivity contribution in [3.8, 4) is 11.5 Å². The Kier molecular flexibility index (Phi) is 4.94. The molecule has 28 heavy (non-hydrogen) atoms. The number of carbonyl (C=O) groups excluding carboxylic acids is 1. The highest BCUT2D eigenvalue weighted by atomic mass is 32.2. The molecular weight excluding hydrogens is 387 g/mol. The Morgan fingerprint density at radius 3 is 2.50 bits per heavy atom. The number of hydrogen-bond donors (Lipinski definition) is 1. The summed E-state index contributed by atoms with van der Waals surface area (Å²) < 4.78 is 50.9. The average Bonchev–Trinajstić information content (AvgIpc) is 2.66. The molecule has 148 valence electrons. The van der Waals surface area contributed by atoms with Crippen molar-refractivity contribution in [2.24, 2.45) is 0 Å². The fraction of sp³-hybridized carbons (Fsp3) is 0.316. The number of amides is 1. The maximum atomic E-state index is 12.9. The third kappa shape index (κ3) is 3.55. The van der Waals surface area contributed by atoms with E-state index < -0.39 is 16.1 Å². The Balaban J connectivity index is 1.45. The first-order valence-corrected chi connectivity index (χ1v) is 10.3. The zero-order valence-corrected chi connectivity index (χ0v) is 15.7. The molecule has 0 radical (unpaired) electrons. The Labute approximate surface area is 162 Å². The Morgan fingerprint density at radius 2 is 1.82 bits per heavy atom. The van der Waals surface area contributed by atoms with E-state index in [9.17, 15) is 17.6 Å². The molecule has 2 aromatic carbocycles. The van der Waals surface area contributed by atoms with Crippen LogP contribution >= 0.6 is 0 Å². The van der Waals surface area contributed by atoms with Gasteiger partial charge >= 0.3 is 0 Å². The first kappa shape index (κ1) is 18.7. The predicted molar refractivity (Wildman–Crippen MR) is 98.0 cm³/mol. The predicted octanol–water partition coefficient (Wildman–Crippen LogP) is 1.68. The summed E-state index contributed by atoms with van der Waals surface area (Å²) in [5.41, 5.74) is 0.732. The van der Waals surface area contributed by atoms with Crippen LogP contribution < -0.4 is 14.8 Å². The quantitative estimate of drug-likeness (QED) is 0.817. The van der Waals surface area contributed by atoms with Crippen LogP contribution in [0.3, 0.4) is 0 Å². The summed E-state index contributed by atoms with van der Waals surface area (Å²) in [5.74, 6) is 0.148. The molecule has 2 aromatic rings. The second-order valence-electron chi connectivity index (χ2n) is 6.57. The molecule has 0 bridgehead atoms. The van der Waals surface area contributed by atoms with Gasteiger partial charge in [-0.25, -0.2) is 12.8 Å². The van der Waals surface area contributed by atoms with Crippen molar-refractivity contribution in [3.05, 3.63) is 53.8 Å². The molecule has 1 amide bonds. The SMILES string of the molecule is O=C(NCc1ccc(F)cc1)[C@H]1CCN1S(=O)(=O)c1ccc2c(c1)OCCO2. The van der Waals surface area contributed by atoms with E-state index in [1.54, 1.807) is 18.2 Å². The van der Waals surface area contributed by atoms with Crippen LogP contribution in [0.2, 0.25) is 0 Å². The number of rotatable bonds is 5. The lowest BCUT2D eigenvalue weighted by molar-refractivity contribution is -0.127. The molecule has 0 aromatic heterocycles. The van der Waals surface area contributed by atoms with Crippen LogP contribution in [0.4, 0.5) is 4.39 Å². The fourth-order valence-corrected chi connectivity index (χ4v) is 4.79.